The van der Waals surface area contributed by atoms with Crippen molar-refractivity contribution >= 4 is 0 Å². The molecule has 1 N–H and O–H groups in total. The zero-order valence-electron chi connectivity index (χ0n) is 7.16. The summed E-state index contributed by atoms with van der Waals surface area (Å²) in [5, 5.41) is 9.17. The molecule has 2 rings (SSSR count). The third-order valence-corrected chi connectivity index (χ3v) is 2.24. The molecule has 0 radical (unpaired) electrons. The lowest BCUT2D eigenvalue weighted by molar-refractivity contribution is 0.148. The molecular formula is C9H16O2. The van der Waals surface area contributed by atoms with E-state index in [-0.39, 0.29) is 6.10 Å². The fourth-order valence-electron chi connectivity index (χ4n) is 1.75. The molecule has 3 unspecified atom stereocenters. The van der Waals surface area contributed by atoms with Crippen LogP contribution >= 0.6 is 0 Å². The van der Waals surface area contributed by atoms with E-state index >= 15 is 0 Å². The lowest BCUT2D eigenvalue weighted by Gasteiger charge is -2.08. The number of ether oxygens (including phenoxy) is 1. The van der Waals surface area contributed by atoms with Crippen molar-refractivity contribution in [2.75, 3.05) is 14.2 Å². The number of fused-ring (bicyclic) bond motifs is 2. The summed E-state index contributed by atoms with van der Waals surface area (Å²) < 4.78 is 4.25. The maximum Gasteiger partial charge on any atom is 0.0608 e. The van der Waals surface area contributed by atoms with Gasteiger partial charge in [0.25, 0.3) is 0 Å². The molecule has 2 nitrogen and oxygen atoms in total. The molecule has 64 valence electrons. The van der Waals surface area contributed by atoms with Crippen LogP contribution in [0.2, 0.25) is 0 Å². The van der Waals surface area contributed by atoms with Gasteiger partial charge < -0.3 is 9.84 Å². The van der Waals surface area contributed by atoms with Crippen LogP contribution in [0.3, 0.4) is 0 Å². The summed E-state index contributed by atoms with van der Waals surface area (Å²) in [6.45, 7) is 0. The van der Waals surface area contributed by atoms with Crippen LogP contribution < -0.4 is 0 Å². The Morgan fingerprint density at radius 3 is 2.09 bits per heavy atom. The normalized spacial score (nSPS) is 38.6. The van der Waals surface area contributed by atoms with E-state index < -0.39 is 0 Å². The molecule has 1 fully saturated rings. The molecule has 0 aromatic rings. The van der Waals surface area contributed by atoms with Crippen LogP contribution in [0.25, 0.3) is 0 Å². The number of aliphatic hydroxyl groups excluding tert-OH is 1. The Labute approximate surface area is 67.9 Å². The molecule has 0 aliphatic heterocycles. The molecule has 0 spiro atoms. The SMILES string of the molecule is COC.OC1CC2C=CC1C2. The van der Waals surface area contributed by atoms with E-state index in [1.807, 2.05) is 0 Å². The van der Waals surface area contributed by atoms with Crippen LogP contribution in [-0.2, 0) is 4.74 Å². The van der Waals surface area contributed by atoms with Crippen molar-refractivity contribution in [1.29, 1.82) is 0 Å². The molecule has 2 heteroatoms. The largest absolute Gasteiger partial charge is 0.392 e. The van der Waals surface area contributed by atoms with Gasteiger partial charge in [-0.15, -0.1) is 0 Å². The summed E-state index contributed by atoms with van der Waals surface area (Å²) in [5.41, 5.74) is 0. The van der Waals surface area contributed by atoms with Gasteiger partial charge in [-0.05, 0) is 18.8 Å². The number of rotatable bonds is 0. The molecular weight excluding hydrogens is 140 g/mol. The second-order valence-electron chi connectivity index (χ2n) is 3.26. The van der Waals surface area contributed by atoms with Gasteiger partial charge in [0.05, 0.1) is 6.10 Å². The van der Waals surface area contributed by atoms with Crippen LogP contribution in [0.1, 0.15) is 12.8 Å². The van der Waals surface area contributed by atoms with E-state index in [4.69, 9.17) is 5.11 Å². The van der Waals surface area contributed by atoms with Crippen molar-refractivity contribution in [2.24, 2.45) is 11.8 Å². The third-order valence-electron chi connectivity index (χ3n) is 2.24. The van der Waals surface area contributed by atoms with Gasteiger partial charge in [-0.3, -0.25) is 0 Å². The molecule has 0 amide bonds. The van der Waals surface area contributed by atoms with E-state index in [1.165, 1.54) is 6.42 Å². The van der Waals surface area contributed by atoms with Crippen LogP contribution in [0.5, 0.6) is 0 Å². The van der Waals surface area contributed by atoms with E-state index in [1.54, 1.807) is 14.2 Å². The number of hydrogen-bond acceptors (Lipinski definition) is 2. The first-order chi connectivity index (χ1) is 5.27. The Bertz CT molecular complexity index is 142. The first-order valence-corrected chi connectivity index (χ1v) is 4.04. The van der Waals surface area contributed by atoms with Crippen LogP contribution in [-0.4, -0.2) is 25.4 Å². The summed E-state index contributed by atoms with van der Waals surface area (Å²) in [5.74, 6) is 1.23. The number of aliphatic hydroxyl groups is 1. The molecule has 2 aliphatic carbocycles. The van der Waals surface area contributed by atoms with Crippen molar-refractivity contribution in [3.63, 3.8) is 0 Å². The molecule has 0 saturated heterocycles. The van der Waals surface area contributed by atoms with Crippen molar-refractivity contribution in [2.45, 2.75) is 18.9 Å². The molecule has 1 saturated carbocycles. The molecule has 0 aromatic carbocycles. The number of allylic oxidation sites excluding steroid dienone is 1. The van der Waals surface area contributed by atoms with Crippen molar-refractivity contribution < 1.29 is 9.84 Å². The molecule has 11 heavy (non-hydrogen) atoms. The fraction of sp³-hybridized carbons (Fsp3) is 0.778. The second-order valence-corrected chi connectivity index (χ2v) is 3.26. The van der Waals surface area contributed by atoms with Gasteiger partial charge in [-0.1, -0.05) is 12.2 Å². The smallest absolute Gasteiger partial charge is 0.0608 e. The summed E-state index contributed by atoms with van der Waals surface area (Å²) in [6, 6.07) is 0. The molecule has 2 bridgehead atoms. The Balaban J connectivity index is 0.000000179. The molecule has 2 aliphatic rings. The Morgan fingerprint density at radius 2 is 1.91 bits per heavy atom. The maximum atomic E-state index is 9.17. The summed E-state index contributed by atoms with van der Waals surface area (Å²) >= 11 is 0. The van der Waals surface area contributed by atoms with E-state index in [0.717, 1.165) is 12.3 Å². The fourth-order valence-corrected chi connectivity index (χ4v) is 1.75. The van der Waals surface area contributed by atoms with Crippen LogP contribution in [0, 0.1) is 11.8 Å². The summed E-state index contributed by atoms with van der Waals surface area (Å²) in [4.78, 5) is 0. The highest BCUT2D eigenvalue weighted by atomic mass is 16.4. The summed E-state index contributed by atoms with van der Waals surface area (Å²) in [7, 11) is 3.25. The Hall–Kier alpha value is -0.340. The average Bonchev–Trinajstić information content (AvgIpc) is 2.48. The van der Waals surface area contributed by atoms with E-state index in [2.05, 4.69) is 16.9 Å². The zero-order chi connectivity index (χ0) is 8.27. The monoisotopic (exact) mass is 156 g/mol. The maximum absolute atomic E-state index is 9.17. The highest BCUT2D eigenvalue weighted by Crippen LogP contribution is 2.38. The predicted molar refractivity (Wildman–Crippen MR) is 44.3 cm³/mol. The minimum Gasteiger partial charge on any atom is -0.392 e. The third kappa shape index (κ3) is 2.04. The number of hydrogen-bond donors (Lipinski definition) is 1. The molecule has 0 heterocycles. The minimum absolute atomic E-state index is 0.00926. The second kappa shape index (κ2) is 3.88. The summed E-state index contributed by atoms with van der Waals surface area (Å²) in [6.07, 6.45) is 6.60. The van der Waals surface area contributed by atoms with E-state index in [0.29, 0.717) is 5.92 Å². The van der Waals surface area contributed by atoms with Gasteiger partial charge in [0.1, 0.15) is 0 Å². The van der Waals surface area contributed by atoms with Crippen LogP contribution in [0.4, 0.5) is 0 Å². The Kier molecular flexibility index (Phi) is 3.09. The predicted octanol–water partition coefficient (Wildman–Crippen LogP) is 1.21. The minimum atomic E-state index is -0.00926. The van der Waals surface area contributed by atoms with Gasteiger partial charge in [-0.2, -0.15) is 0 Å². The zero-order valence-corrected chi connectivity index (χ0v) is 7.16. The van der Waals surface area contributed by atoms with Gasteiger partial charge in [0, 0.05) is 20.1 Å². The van der Waals surface area contributed by atoms with Crippen molar-refractivity contribution in [3.05, 3.63) is 12.2 Å². The van der Waals surface area contributed by atoms with E-state index in [9.17, 15) is 0 Å². The van der Waals surface area contributed by atoms with Crippen molar-refractivity contribution in [1.82, 2.24) is 0 Å². The average molecular weight is 156 g/mol. The molecule has 0 aromatic heterocycles. The highest BCUT2D eigenvalue weighted by Gasteiger charge is 2.33. The first kappa shape index (κ1) is 8.75. The van der Waals surface area contributed by atoms with Gasteiger partial charge >= 0.3 is 0 Å². The highest BCUT2D eigenvalue weighted by molar-refractivity contribution is 5.10. The topological polar surface area (TPSA) is 29.5 Å². The molecule has 3 atom stereocenters. The standard InChI is InChI=1S/C7H10O.C2H6O/c8-7-4-5-1-2-6(7)3-5;1-3-2/h1-2,5-8H,3-4H2;1-2H3. The Morgan fingerprint density at radius 1 is 1.27 bits per heavy atom. The quantitative estimate of drug-likeness (QED) is 0.534. The number of methoxy groups -OCH3 is 1. The van der Waals surface area contributed by atoms with Gasteiger partial charge in [0.2, 0.25) is 0 Å². The first-order valence-electron chi connectivity index (χ1n) is 4.04. The van der Waals surface area contributed by atoms with Gasteiger partial charge in [-0.25, -0.2) is 0 Å². The lowest BCUT2D eigenvalue weighted by Crippen LogP contribution is -2.11. The van der Waals surface area contributed by atoms with Crippen molar-refractivity contribution in [3.8, 4) is 0 Å². The van der Waals surface area contributed by atoms with Gasteiger partial charge in [0.15, 0.2) is 0 Å². The van der Waals surface area contributed by atoms with Crippen LogP contribution in [0.15, 0.2) is 12.2 Å². The lowest BCUT2D eigenvalue weighted by atomic mass is 10.1.